The molecular weight excluding hydrogens is 390 g/mol. The predicted molar refractivity (Wildman–Crippen MR) is 110 cm³/mol. The molecule has 9 heteroatoms. The number of aryl methyl sites for hydroxylation is 1. The maximum absolute atomic E-state index is 12.9. The van der Waals surface area contributed by atoms with E-state index < -0.39 is 10.0 Å². The van der Waals surface area contributed by atoms with Gasteiger partial charge >= 0.3 is 0 Å². The Kier molecular flexibility index (Phi) is 5.33. The maximum atomic E-state index is 12.9. The lowest BCUT2D eigenvalue weighted by atomic mass is 10.1. The van der Waals surface area contributed by atoms with Crippen molar-refractivity contribution >= 4 is 27.0 Å². The number of carbonyl (C=O) groups is 1. The topological polar surface area (TPSA) is 88.4 Å². The molecule has 2 heterocycles. The molecule has 0 radical (unpaired) electrons. The third kappa shape index (κ3) is 4.01. The molecule has 1 amide bonds. The first-order valence-electron chi connectivity index (χ1n) is 9.62. The summed E-state index contributed by atoms with van der Waals surface area (Å²) in [6, 6.07) is 14.5. The van der Waals surface area contributed by atoms with E-state index in [4.69, 9.17) is 0 Å². The fourth-order valence-electron chi connectivity index (χ4n) is 3.57. The van der Waals surface area contributed by atoms with E-state index in [1.165, 1.54) is 4.31 Å². The van der Waals surface area contributed by atoms with Gasteiger partial charge in [0.15, 0.2) is 0 Å². The van der Waals surface area contributed by atoms with Gasteiger partial charge in [0.25, 0.3) is 5.91 Å². The van der Waals surface area contributed by atoms with Crippen molar-refractivity contribution in [2.24, 2.45) is 0 Å². The Hall–Kier alpha value is -2.78. The molecule has 1 aliphatic rings. The van der Waals surface area contributed by atoms with Gasteiger partial charge in [-0.25, -0.2) is 13.1 Å². The van der Waals surface area contributed by atoms with Crippen LogP contribution in [0, 0.1) is 0 Å². The summed E-state index contributed by atoms with van der Waals surface area (Å²) in [6.45, 7) is 4.03. The minimum Gasteiger partial charge on any atom is -0.336 e. The number of carbonyl (C=O) groups excluding carboxylic acids is 1. The first-order chi connectivity index (χ1) is 14.0. The van der Waals surface area contributed by atoms with Gasteiger partial charge in [-0.15, -0.1) is 5.10 Å². The minimum atomic E-state index is -3.40. The van der Waals surface area contributed by atoms with Gasteiger partial charge in [-0.3, -0.25) is 4.79 Å². The second-order valence-corrected chi connectivity index (χ2v) is 9.01. The van der Waals surface area contributed by atoms with Crippen molar-refractivity contribution in [1.82, 2.24) is 24.2 Å². The number of nitrogens with zero attached hydrogens (tertiary/aromatic N) is 5. The van der Waals surface area contributed by atoms with Gasteiger partial charge in [-0.2, -0.15) is 4.31 Å². The molecule has 1 fully saturated rings. The van der Waals surface area contributed by atoms with Crippen molar-refractivity contribution < 1.29 is 13.2 Å². The summed E-state index contributed by atoms with van der Waals surface area (Å²) < 4.78 is 28.6. The zero-order valence-electron chi connectivity index (χ0n) is 16.2. The third-order valence-electron chi connectivity index (χ3n) is 5.17. The zero-order valence-corrected chi connectivity index (χ0v) is 17.0. The lowest BCUT2D eigenvalue weighted by Gasteiger charge is -2.34. The fraction of sp³-hybridized carbons (Fsp3) is 0.350. The number of rotatable bonds is 5. The average molecular weight is 414 g/mol. The molecule has 152 valence electrons. The van der Waals surface area contributed by atoms with E-state index in [0.717, 1.165) is 11.1 Å². The Morgan fingerprint density at radius 2 is 1.76 bits per heavy atom. The highest BCUT2D eigenvalue weighted by atomic mass is 32.2. The summed E-state index contributed by atoms with van der Waals surface area (Å²) in [5, 5.41) is 8.18. The number of hydrogen-bond donors (Lipinski definition) is 0. The molecule has 8 nitrogen and oxygen atoms in total. The normalized spacial score (nSPS) is 15.7. The molecular formula is C20H23N5O3S. The van der Waals surface area contributed by atoms with Gasteiger partial charge in [0.1, 0.15) is 5.52 Å². The van der Waals surface area contributed by atoms with E-state index in [0.29, 0.717) is 43.8 Å². The van der Waals surface area contributed by atoms with E-state index in [1.54, 1.807) is 21.7 Å². The van der Waals surface area contributed by atoms with Crippen LogP contribution in [0.2, 0.25) is 0 Å². The molecule has 1 saturated heterocycles. The van der Waals surface area contributed by atoms with Crippen LogP contribution in [0.4, 0.5) is 0 Å². The standard InChI is InChI=1S/C20H23N5O3S/c1-2-25-19-9-8-17(14-18(19)21-22-25)20(26)23-10-12-24(13-11-23)29(27,28)15-16-6-4-3-5-7-16/h3-9,14H,2,10-13,15H2,1H3. The monoisotopic (exact) mass is 413 g/mol. The Morgan fingerprint density at radius 3 is 2.45 bits per heavy atom. The summed E-state index contributed by atoms with van der Waals surface area (Å²) in [5.41, 5.74) is 2.88. The van der Waals surface area contributed by atoms with Crippen molar-refractivity contribution in [2.45, 2.75) is 19.2 Å². The highest BCUT2D eigenvalue weighted by molar-refractivity contribution is 7.88. The summed E-state index contributed by atoms with van der Waals surface area (Å²) in [4.78, 5) is 14.6. The van der Waals surface area contributed by atoms with Crippen LogP contribution in [0.3, 0.4) is 0 Å². The van der Waals surface area contributed by atoms with Crippen molar-refractivity contribution in [3.8, 4) is 0 Å². The molecule has 1 aliphatic heterocycles. The van der Waals surface area contributed by atoms with Crippen molar-refractivity contribution in [3.63, 3.8) is 0 Å². The number of piperazine rings is 1. The molecule has 3 aromatic rings. The van der Waals surface area contributed by atoms with Crippen LogP contribution in [-0.2, 0) is 22.3 Å². The van der Waals surface area contributed by atoms with Gasteiger partial charge in [-0.05, 0) is 30.7 Å². The fourth-order valence-corrected chi connectivity index (χ4v) is 5.08. The Bertz CT molecular complexity index is 1120. The van der Waals surface area contributed by atoms with Gasteiger partial charge in [0.2, 0.25) is 10.0 Å². The Morgan fingerprint density at radius 1 is 1.03 bits per heavy atom. The first kappa shape index (κ1) is 19.5. The molecule has 1 aromatic heterocycles. The van der Waals surface area contributed by atoms with Crippen LogP contribution in [0.15, 0.2) is 48.5 Å². The quantitative estimate of drug-likeness (QED) is 0.636. The highest BCUT2D eigenvalue weighted by Crippen LogP contribution is 2.18. The number of hydrogen-bond acceptors (Lipinski definition) is 5. The lowest BCUT2D eigenvalue weighted by molar-refractivity contribution is 0.0698. The number of fused-ring (bicyclic) bond motifs is 1. The van der Waals surface area contributed by atoms with Crippen molar-refractivity contribution in [2.75, 3.05) is 26.2 Å². The van der Waals surface area contributed by atoms with Crippen LogP contribution < -0.4 is 0 Å². The van der Waals surface area contributed by atoms with Gasteiger partial charge in [0.05, 0.1) is 11.3 Å². The van der Waals surface area contributed by atoms with Crippen LogP contribution in [0.5, 0.6) is 0 Å². The molecule has 0 bridgehead atoms. The molecule has 0 unspecified atom stereocenters. The smallest absolute Gasteiger partial charge is 0.254 e. The van der Waals surface area contributed by atoms with E-state index >= 15 is 0 Å². The number of amides is 1. The lowest BCUT2D eigenvalue weighted by Crippen LogP contribution is -2.50. The van der Waals surface area contributed by atoms with Gasteiger partial charge < -0.3 is 4.90 Å². The average Bonchev–Trinajstić information content (AvgIpc) is 3.16. The number of sulfonamides is 1. The zero-order chi connectivity index (χ0) is 20.4. The maximum Gasteiger partial charge on any atom is 0.254 e. The molecule has 0 N–H and O–H groups in total. The molecule has 29 heavy (non-hydrogen) atoms. The van der Waals surface area contributed by atoms with Crippen molar-refractivity contribution in [3.05, 3.63) is 59.7 Å². The Labute approximate surface area is 169 Å². The van der Waals surface area contributed by atoms with Crippen molar-refractivity contribution in [1.29, 1.82) is 0 Å². The van der Waals surface area contributed by atoms with Gasteiger partial charge in [0, 0.05) is 38.3 Å². The second kappa shape index (κ2) is 7.92. The van der Waals surface area contributed by atoms with Crippen LogP contribution >= 0.6 is 0 Å². The van der Waals surface area contributed by atoms with Crippen LogP contribution in [-0.4, -0.2) is 64.7 Å². The summed E-state index contributed by atoms with van der Waals surface area (Å²) >= 11 is 0. The van der Waals surface area contributed by atoms with E-state index in [2.05, 4.69) is 10.3 Å². The summed E-state index contributed by atoms with van der Waals surface area (Å²) in [5.74, 6) is -0.135. The van der Waals surface area contributed by atoms with Gasteiger partial charge in [-0.1, -0.05) is 35.5 Å². The van der Waals surface area contributed by atoms with E-state index in [1.807, 2.05) is 43.3 Å². The molecule has 0 saturated carbocycles. The number of aromatic nitrogens is 3. The van der Waals surface area contributed by atoms with E-state index in [-0.39, 0.29) is 11.7 Å². The molecule has 0 aliphatic carbocycles. The summed E-state index contributed by atoms with van der Waals surface area (Å²) in [6.07, 6.45) is 0. The molecule has 4 rings (SSSR count). The largest absolute Gasteiger partial charge is 0.336 e. The first-order valence-corrected chi connectivity index (χ1v) is 11.2. The molecule has 2 aromatic carbocycles. The third-order valence-corrected chi connectivity index (χ3v) is 7.02. The second-order valence-electron chi connectivity index (χ2n) is 7.04. The highest BCUT2D eigenvalue weighted by Gasteiger charge is 2.29. The van der Waals surface area contributed by atoms with Crippen LogP contribution in [0.1, 0.15) is 22.8 Å². The number of benzene rings is 2. The minimum absolute atomic E-state index is 0.0223. The molecule has 0 spiro atoms. The summed E-state index contributed by atoms with van der Waals surface area (Å²) in [7, 11) is -3.40. The predicted octanol–water partition coefficient (Wildman–Crippen LogP) is 1.74. The van der Waals surface area contributed by atoms with E-state index in [9.17, 15) is 13.2 Å². The molecule has 0 atom stereocenters. The SMILES string of the molecule is CCn1nnc2cc(C(=O)N3CCN(S(=O)(=O)Cc4ccccc4)CC3)ccc21. The Balaban J connectivity index is 1.42. The van der Waals surface area contributed by atoms with Crippen LogP contribution in [0.25, 0.3) is 11.0 Å².